The first-order chi connectivity index (χ1) is 12.6. The van der Waals surface area contributed by atoms with Crippen LogP contribution in [0.3, 0.4) is 0 Å². The Morgan fingerprint density at radius 2 is 1.92 bits per heavy atom. The minimum absolute atomic E-state index is 0.0477. The Morgan fingerprint density at radius 3 is 2.65 bits per heavy atom. The van der Waals surface area contributed by atoms with Crippen molar-refractivity contribution in [2.75, 3.05) is 5.32 Å². The third kappa shape index (κ3) is 4.93. The Hall–Kier alpha value is -3.13. The molecule has 2 aromatic carbocycles. The van der Waals surface area contributed by atoms with Crippen LogP contribution in [0, 0.1) is 0 Å². The monoisotopic (exact) mass is 368 g/mol. The predicted octanol–water partition coefficient (Wildman–Crippen LogP) is 2.34. The maximum atomic E-state index is 12.1. The maximum absolute atomic E-state index is 12.1. The number of amides is 2. The molecule has 0 bridgehead atoms. The van der Waals surface area contributed by atoms with E-state index in [1.54, 1.807) is 36.4 Å². The van der Waals surface area contributed by atoms with Crippen molar-refractivity contribution in [3.05, 3.63) is 60.2 Å². The first-order valence-electron chi connectivity index (χ1n) is 7.82. The van der Waals surface area contributed by atoms with Crippen LogP contribution in [0.25, 0.3) is 0 Å². The van der Waals surface area contributed by atoms with Crippen LogP contribution < -0.4 is 10.6 Å². The summed E-state index contributed by atoms with van der Waals surface area (Å²) in [6, 6.07) is 15.5. The zero-order valence-corrected chi connectivity index (χ0v) is 14.4. The number of anilines is 1. The van der Waals surface area contributed by atoms with Crippen molar-refractivity contribution in [3.63, 3.8) is 0 Å². The lowest BCUT2D eigenvalue weighted by atomic mass is 10.2. The van der Waals surface area contributed by atoms with Crippen LogP contribution in [0.4, 0.5) is 5.69 Å². The second-order valence-electron chi connectivity index (χ2n) is 5.46. The van der Waals surface area contributed by atoms with E-state index in [1.165, 1.54) is 18.0 Å². The first-order valence-corrected chi connectivity index (χ1v) is 8.70. The number of phenolic OH excluding ortho intramolecular Hbond substituents is 1. The predicted molar refractivity (Wildman–Crippen MR) is 102 cm³/mol. The van der Waals surface area contributed by atoms with Gasteiger partial charge in [0, 0.05) is 12.1 Å². The zero-order chi connectivity index (χ0) is 18.4. The van der Waals surface area contributed by atoms with Crippen LogP contribution in [0.5, 0.6) is 5.75 Å². The van der Waals surface area contributed by atoms with E-state index in [1.807, 2.05) is 18.2 Å². The molecule has 1 aliphatic rings. The van der Waals surface area contributed by atoms with Gasteiger partial charge in [0.1, 0.15) is 11.0 Å². The molecule has 132 valence electrons. The van der Waals surface area contributed by atoms with E-state index in [0.717, 1.165) is 5.56 Å². The van der Waals surface area contributed by atoms with Gasteiger partial charge < -0.3 is 15.7 Å². The fourth-order valence-corrected chi connectivity index (χ4v) is 3.12. The second kappa shape index (κ2) is 8.30. The third-order valence-corrected chi connectivity index (χ3v) is 4.53. The van der Waals surface area contributed by atoms with Gasteiger partial charge in [0.15, 0.2) is 5.17 Å². The van der Waals surface area contributed by atoms with Gasteiger partial charge >= 0.3 is 0 Å². The van der Waals surface area contributed by atoms with E-state index < -0.39 is 5.25 Å². The number of carbonyl (C=O) groups excluding carboxylic acids is 2. The summed E-state index contributed by atoms with van der Waals surface area (Å²) in [5, 5.41) is 22.3. The average Bonchev–Trinajstić information content (AvgIpc) is 2.97. The lowest BCUT2D eigenvalue weighted by Crippen LogP contribution is -2.28. The van der Waals surface area contributed by atoms with Crippen molar-refractivity contribution in [2.24, 2.45) is 10.2 Å². The van der Waals surface area contributed by atoms with Gasteiger partial charge in [-0.25, -0.2) is 0 Å². The summed E-state index contributed by atoms with van der Waals surface area (Å²) in [7, 11) is 0. The Kier molecular flexibility index (Phi) is 5.65. The van der Waals surface area contributed by atoms with Crippen molar-refractivity contribution in [3.8, 4) is 5.75 Å². The summed E-state index contributed by atoms with van der Waals surface area (Å²) >= 11 is 1.17. The van der Waals surface area contributed by atoms with Gasteiger partial charge in [-0.3, -0.25) is 9.59 Å². The highest BCUT2D eigenvalue weighted by Gasteiger charge is 2.32. The van der Waals surface area contributed by atoms with Gasteiger partial charge in [-0.15, -0.1) is 5.10 Å². The first kappa shape index (κ1) is 17.7. The molecule has 2 aromatic rings. The molecule has 0 radical (unpaired) electrons. The molecule has 3 rings (SSSR count). The van der Waals surface area contributed by atoms with E-state index in [2.05, 4.69) is 20.8 Å². The molecular formula is C18H16N4O3S. The fourth-order valence-electron chi connectivity index (χ4n) is 2.20. The van der Waals surface area contributed by atoms with Gasteiger partial charge in [-0.2, -0.15) is 5.10 Å². The van der Waals surface area contributed by atoms with Gasteiger partial charge in [0.25, 0.3) is 0 Å². The molecule has 0 aromatic heterocycles. The topological polar surface area (TPSA) is 103 Å². The lowest BCUT2D eigenvalue weighted by Gasteiger charge is -2.06. The number of hydrogen-bond acceptors (Lipinski definition) is 6. The van der Waals surface area contributed by atoms with Crippen LogP contribution in [0.2, 0.25) is 0 Å². The van der Waals surface area contributed by atoms with Crippen LogP contribution in [-0.2, 0) is 9.59 Å². The third-order valence-electron chi connectivity index (χ3n) is 3.45. The number of hydrogen-bond donors (Lipinski definition) is 3. The van der Waals surface area contributed by atoms with E-state index in [9.17, 15) is 14.7 Å². The number of benzene rings is 2. The van der Waals surface area contributed by atoms with E-state index in [0.29, 0.717) is 10.9 Å². The summed E-state index contributed by atoms with van der Waals surface area (Å²) in [6.07, 6.45) is 1.56. The van der Waals surface area contributed by atoms with Crippen molar-refractivity contribution >= 4 is 40.6 Å². The van der Waals surface area contributed by atoms with Crippen molar-refractivity contribution in [2.45, 2.75) is 11.7 Å². The molecule has 26 heavy (non-hydrogen) atoms. The highest BCUT2D eigenvalue weighted by molar-refractivity contribution is 8.15. The molecule has 1 atom stereocenters. The molecule has 0 aliphatic carbocycles. The Bertz CT molecular complexity index is 850. The van der Waals surface area contributed by atoms with Crippen LogP contribution >= 0.6 is 11.8 Å². The van der Waals surface area contributed by atoms with Crippen molar-refractivity contribution < 1.29 is 14.7 Å². The van der Waals surface area contributed by atoms with Gasteiger partial charge in [-0.1, -0.05) is 30.0 Å². The zero-order valence-electron chi connectivity index (χ0n) is 13.6. The molecule has 0 spiro atoms. The maximum Gasteiger partial charge on any atom is 0.240 e. The van der Waals surface area contributed by atoms with Crippen LogP contribution in [0.15, 0.2) is 64.8 Å². The Labute approximate surface area is 154 Å². The van der Waals surface area contributed by atoms with Crippen LogP contribution in [-0.4, -0.2) is 33.6 Å². The number of carbonyl (C=O) groups is 2. The minimum Gasteiger partial charge on any atom is -0.508 e. The largest absolute Gasteiger partial charge is 0.508 e. The van der Waals surface area contributed by atoms with Crippen molar-refractivity contribution in [1.29, 1.82) is 0 Å². The number of rotatable bonds is 5. The number of nitrogens with zero attached hydrogens (tertiary/aromatic N) is 2. The van der Waals surface area contributed by atoms with E-state index in [4.69, 9.17) is 0 Å². The van der Waals surface area contributed by atoms with E-state index in [-0.39, 0.29) is 24.0 Å². The molecule has 1 saturated heterocycles. The normalized spacial score (nSPS) is 18.2. The van der Waals surface area contributed by atoms with Gasteiger partial charge in [-0.05, 0) is 42.0 Å². The number of aromatic hydroxyl groups is 1. The van der Waals surface area contributed by atoms with Gasteiger partial charge in [0.05, 0.1) is 6.21 Å². The quantitative estimate of drug-likeness (QED) is 0.557. The Morgan fingerprint density at radius 1 is 1.19 bits per heavy atom. The summed E-state index contributed by atoms with van der Waals surface area (Å²) < 4.78 is 0. The summed E-state index contributed by atoms with van der Waals surface area (Å²) in [5.41, 5.74) is 1.45. The highest BCUT2D eigenvalue weighted by atomic mass is 32.2. The summed E-state index contributed by atoms with van der Waals surface area (Å²) in [6.45, 7) is 0. The second-order valence-corrected chi connectivity index (χ2v) is 6.65. The van der Waals surface area contributed by atoms with E-state index >= 15 is 0 Å². The molecule has 2 amide bonds. The molecule has 7 nitrogen and oxygen atoms in total. The number of nitrogens with one attached hydrogen (secondary N) is 2. The summed E-state index contributed by atoms with van der Waals surface area (Å²) in [4.78, 5) is 24.0. The number of thioether (sulfide) groups is 1. The average molecular weight is 368 g/mol. The summed E-state index contributed by atoms with van der Waals surface area (Å²) in [5.74, 6) is -0.335. The van der Waals surface area contributed by atoms with Gasteiger partial charge in [0.2, 0.25) is 11.8 Å². The Balaban J connectivity index is 1.54. The molecule has 3 N–H and O–H groups in total. The lowest BCUT2D eigenvalue weighted by molar-refractivity contribution is -0.122. The molecule has 8 heteroatoms. The number of amidine groups is 1. The minimum atomic E-state index is -0.540. The molecular weight excluding hydrogens is 352 g/mol. The fraction of sp³-hybridized carbons (Fsp3) is 0.111. The molecule has 1 aliphatic heterocycles. The number of para-hydroxylation sites is 1. The molecule has 1 unspecified atom stereocenters. The molecule has 1 heterocycles. The highest BCUT2D eigenvalue weighted by Crippen LogP contribution is 2.23. The SMILES string of the molecule is O=C(CC1SC(=NN=Cc2ccc(O)cc2)NC1=O)Nc1ccccc1. The smallest absolute Gasteiger partial charge is 0.240 e. The van der Waals surface area contributed by atoms with Crippen LogP contribution in [0.1, 0.15) is 12.0 Å². The number of phenols is 1. The molecule has 0 saturated carbocycles. The molecule has 1 fully saturated rings. The van der Waals surface area contributed by atoms with Crippen molar-refractivity contribution in [1.82, 2.24) is 5.32 Å². The standard InChI is InChI=1S/C18H16N4O3S/c23-14-8-6-12(7-9-14)11-19-22-18-21-17(25)15(26-18)10-16(24)20-13-4-2-1-3-5-13/h1-9,11,15,23H,10H2,(H,20,24)(H,21,22,25).